The van der Waals surface area contributed by atoms with Gasteiger partial charge in [0.25, 0.3) is 5.56 Å². The van der Waals surface area contributed by atoms with E-state index in [2.05, 4.69) is 6.07 Å². The third-order valence-corrected chi connectivity index (χ3v) is 2.96. The molecule has 0 amide bonds. The van der Waals surface area contributed by atoms with Crippen LogP contribution in [0, 0.1) is 23.7 Å². The SMILES string of the molecule is Cc1cccn(CCCCC(C)(C)C#N)c1=O. The van der Waals surface area contributed by atoms with Crippen LogP contribution in [0.1, 0.15) is 38.7 Å². The Morgan fingerprint density at radius 3 is 2.76 bits per heavy atom. The Labute approximate surface area is 103 Å². The molecule has 0 aliphatic carbocycles. The molecule has 0 atom stereocenters. The van der Waals surface area contributed by atoms with Gasteiger partial charge in [0.15, 0.2) is 0 Å². The summed E-state index contributed by atoms with van der Waals surface area (Å²) in [5.74, 6) is 0. The van der Waals surface area contributed by atoms with Crippen molar-refractivity contribution in [2.75, 3.05) is 0 Å². The Bertz CT molecular complexity index is 466. The lowest BCUT2D eigenvalue weighted by Gasteiger charge is -2.14. The quantitative estimate of drug-likeness (QED) is 0.733. The fourth-order valence-corrected chi connectivity index (χ4v) is 1.74. The van der Waals surface area contributed by atoms with Gasteiger partial charge in [0.05, 0.1) is 11.5 Å². The highest BCUT2D eigenvalue weighted by Crippen LogP contribution is 2.21. The second kappa shape index (κ2) is 5.67. The van der Waals surface area contributed by atoms with Crippen LogP contribution >= 0.6 is 0 Å². The number of hydrogen-bond acceptors (Lipinski definition) is 2. The van der Waals surface area contributed by atoms with Crippen molar-refractivity contribution in [2.24, 2.45) is 5.41 Å². The molecule has 3 heteroatoms. The average Bonchev–Trinajstić information content (AvgIpc) is 2.30. The average molecular weight is 232 g/mol. The molecule has 1 heterocycles. The van der Waals surface area contributed by atoms with Gasteiger partial charge in [-0.05, 0) is 39.7 Å². The molecule has 0 N–H and O–H groups in total. The van der Waals surface area contributed by atoms with E-state index >= 15 is 0 Å². The largest absolute Gasteiger partial charge is 0.315 e. The molecule has 0 saturated heterocycles. The molecule has 0 aliphatic heterocycles. The van der Waals surface area contributed by atoms with E-state index in [0.717, 1.165) is 31.4 Å². The molecule has 3 nitrogen and oxygen atoms in total. The van der Waals surface area contributed by atoms with Crippen molar-refractivity contribution in [1.82, 2.24) is 4.57 Å². The monoisotopic (exact) mass is 232 g/mol. The summed E-state index contributed by atoms with van der Waals surface area (Å²) in [6.45, 7) is 6.47. The summed E-state index contributed by atoms with van der Waals surface area (Å²) in [6.07, 6.45) is 4.62. The zero-order valence-electron chi connectivity index (χ0n) is 10.9. The second-order valence-electron chi connectivity index (χ2n) is 5.14. The molecule has 1 aromatic heterocycles. The van der Waals surface area contributed by atoms with Crippen LogP contribution in [0.3, 0.4) is 0 Å². The molecule has 0 radical (unpaired) electrons. The van der Waals surface area contributed by atoms with Gasteiger partial charge < -0.3 is 4.57 Å². The van der Waals surface area contributed by atoms with Crippen LogP contribution < -0.4 is 5.56 Å². The first-order valence-corrected chi connectivity index (χ1v) is 6.03. The lowest BCUT2D eigenvalue weighted by Crippen LogP contribution is -2.21. The van der Waals surface area contributed by atoms with Gasteiger partial charge in [0, 0.05) is 18.3 Å². The minimum absolute atomic E-state index is 0.0899. The van der Waals surface area contributed by atoms with Gasteiger partial charge in [-0.15, -0.1) is 0 Å². The molecular weight excluding hydrogens is 212 g/mol. The van der Waals surface area contributed by atoms with Gasteiger partial charge in [-0.3, -0.25) is 4.79 Å². The smallest absolute Gasteiger partial charge is 0.253 e. The highest BCUT2D eigenvalue weighted by atomic mass is 16.1. The maximum atomic E-state index is 11.7. The lowest BCUT2D eigenvalue weighted by atomic mass is 9.89. The number of rotatable bonds is 5. The van der Waals surface area contributed by atoms with Crippen LogP contribution in [0.25, 0.3) is 0 Å². The molecule has 0 aromatic carbocycles. The van der Waals surface area contributed by atoms with Crippen molar-refractivity contribution in [1.29, 1.82) is 5.26 Å². The summed E-state index contributed by atoms with van der Waals surface area (Å²) >= 11 is 0. The lowest BCUT2D eigenvalue weighted by molar-refractivity contribution is 0.415. The maximum absolute atomic E-state index is 11.7. The van der Waals surface area contributed by atoms with Crippen molar-refractivity contribution >= 4 is 0 Å². The molecule has 1 aromatic rings. The Kier molecular flexibility index (Phi) is 4.51. The third kappa shape index (κ3) is 4.07. The summed E-state index contributed by atoms with van der Waals surface area (Å²) < 4.78 is 1.74. The number of aryl methyl sites for hydroxylation is 2. The van der Waals surface area contributed by atoms with Crippen LogP contribution in [0.2, 0.25) is 0 Å². The molecular formula is C14H20N2O. The topological polar surface area (TPSA) is 45.8 Å². The van der Waals surface area contributed by atoms with Crippen LogP contribution in [0.5, 0.6) is 0 Å². The molecule has 0 unspecified atom stereocenters. The normalized spacial score (nSPS) is 11.2. The van der Waals surface area contributed by atoms with Gasteiger partial charge in [0.1, 0.15) is 0 Å². The number of hydrogen-bond donors (Lipinski definition) is 0. The second-order valence-corrected chi connectivity index (χ2v) is 5.14. The van der Waals surface area contributed by atoms with E-state index < -0.39 is 0 Å². The fraction of sp³-hybridized carbons (Fsp3) is 0.571. The van der Waals surface area contributed by atoms with Crippen molar-refractivity contribution < 1.29 is 0 Å². The summed E-state index contributed by atoms with van der Waals surface area (Å²) in [5.41, 5.74) is 0.620. The summed E-state index contributed by atoms with van der Waals surface area (Å²) in [6, 6.07) is 6.02. The molecule has 0 bridgehead atoms. The highest BCUT2D eigenvalue weighted by molar-refractivity contribution is 5.07. The molecule has 17 heavy (non-hydrogen) atoms. The van der Waals surface area contributed by atoms with E-state index in [1.165, 1.54) is 0 Å². The fourth-order valence-electron chi connectivity index (χ4n) is 1.74. The van der Waals surface area contributed by atoms with Crippen LogP contribution in [-0.4, -0.2) is 4.57 Å². The highest BCUT2D eigenvalue weighted by Gasteiger charge is 2.15. The van der Waals surface area contributed by atoms with Gasteiger partial charge >= 0.3 is 0 Å². The summed E-state index contributed by atoms with van der Waals surface area (Å²) in [7, 11) is 0. The van der Waals surface area contributed by atoms with Crippen LogP contribution in [-0.2, 0) is 6.54 Å². The Morgan fingerprint density at radius 1 is 1.41 bits per heavy atom. The molecule has 1 rings (SSSR count). The molecule has 0 fully saturated rings. The Balaban J connectivity index is 2.45. The van der Waals surface area contributed by atoms with Gasteiger partial charge in [-0.25, -0.2) is 0 Å². The van der Waals surface area contributed by atoms with E-state index in [-0.39, 0.29) is 11.0 Å². The van der Waals surface area contributed by atoms with Gasteiger partial charge in [0.2, 0.25) is 0 Å². The van der Waals surface area contributed by atoms with Gasteiger partial charge in [-0.2, -0.15) is 5.26 Å². The third-order valence-electron chi connectivity index (χ3n) is 2.96. The zero-order chi connectivity index (χ0) is 12.9. The van der Waals surface area contributed by atoms with E-state index in [0.29, 0.717) is 0 Å². The van der Waals surface area contributed by atoms with E-state index in [1.807, 2.05) is 39.1 Å². The summed E-state index contributed by atoms with van der Waals surface area (Å²) in [5, 5.41) is 8.89. The number of pyridine rings is 1. The van der Waals surface area contributed by atoms with E-state index in [1.54, 1.807) is 4.57 Å². The predicted molar refractivity (Wildman–Crippen MR) is 68.7 cm³/mol. The minimum Gasteiger partial charge on any atom is -0.315 e. The van der Waals surface area contributed by atoms with Crippen molar-refractivity contribution in [2.45, 2.75) is 46.6 Å². The molecule has 0 saturated carbocycles. The van der Waals surface area contributed by atoms with Crippen molar-refractivity contribution in [3.05, 3.63) is 34.2 Å². The summed E-state index contributed by atoms with van der Waals surface area (Å²) in [4.78, 5) is 11.7. The van der Waals surface area contributed by atoms with Crippen molar-refractivity contribution in [3.8, 4) is 6.07 Å². The van der Waals surface area contributed by atoms with Gasteiger partial charge in [-0.1, -0.05) is 12.5 Å². The zero-order valence-corrected chi connectivity index (χ0v) is 10.9. The number of nitrogens with zero attached hydrogens (tertiary/aromatic N) is 2. The van der Waals surface area contributed by atoms with Crippen molar-refractivity contribution in [3.63, 3.8) is 0 Å². The first-order chi connectivity index (χ1) is 7.96. The Hall–Kier alpha value is -1.56. The number of aromatic nitrogens is 1. The molecule has 92 valence electrons. The van der Waals surface area contributed by atoms with E-state index in [4.69, 9.17) is 5.26 Å². The molecule has 0 aliphatic rings. The predicted octanol–water partition coefficient (Wildman–Crippen LogP) is 2.88. The first-order valence-electron chi connectivity index (χ1n) is 6.03. The maximum Gasteiger partial charge on any atom is 0.253 e. The molecule has 0 spiro atoms. The standard InChI is InChI=1S/C14H20N2O/c1-12-7-6-10-16(13(12)17)9-5-4-8-14(2,3)11-15/h6-7,10H,4-5,8-9H2,1-3H3. The van der Waals surface area contributed by atoms with E-state index in [9.17, 15) is 4.79 Å². The minimum atomic E-state index is -0.252. The number of nitriles is 1. The van der Waals surface area contributed by atoms with Crippen LogP contribution in [0.15, 0.2) is 23.1 Å². The Morgan fingerprint density at radius 2 is 2.12 bits per heavy atom. The van der Waals surface area contributed by atoms with Crippen LogP contribution in [0.4, 0.5) is 0 Å². The number of unbranched alkanes of at least 4 members (excludes halogenated alkanes) is 1. The first kappa shape index (κ1) is 13.5.